The van der Waals surface area contributed by atoms with Crippen LogP contribution in [0.15, 0.2) is 57.7 Å². The molecule has 0 saturated carbocycles. The predicted octanol–water partition coefficient (Wildman–Crippen LogP) is 1.81. The summed E-state index contributed by atoms with van der Waals surface area (Å²) in [7, 11) is 0. The molecule has 160 valence electrons. The number of aliphatic carboxylic acids is 1. The quantitative estimate of drug-likeness (QED) is 0.564. The predicted molar refractivity (Wildman–Crippen MR) is 112 cm³/mol. The number of amides is 1. The second-order valence-corrected chi connectivity index (χ2v) is 7.67. The molecule has 1 amide bonds. The molecule has 4 rings (SSSR count). The summed E-state index contributed by atoms with van der Waals surface area (Å²) >= 11 is 0. The van der Waals surface area contributed by atoms with Gasteiger partial charge in [0.05, 0.1) is 12.0 Å². The van der Waals surface area contributed by atoms with Gasteiger partial charge in [0, 0.05) is 30.0 Å². The second-order valence-electron chi connectivity index (χ2n) is 7.67. The van der Waals surface area contributed by atoms with Gasteiger partial charge in [0.15, 0.2) is 6.61 Å². The number of fused-ring (bicyclic) bond motifs is 1. The van der Waals surface area contributed by atoms with Crippen LogP contribution in [-0.4, -0.2) is 36.0 Å². The topological polar surface area (TPSA) is 99.9 Å². The molecule has 1 aliphatic heterocycles. The SMILES string of the molecule is Cc1c(Cc2ccccc2)c(=O)oc2cc(OCC(=O)N3CCC[C@H]3C(=O)[O-])ccc12. The van der Waals surface area contributed by atoms with Crippen molar-refractivity contribution in [2.75, 3.05) is 13.2 Å². The van der Waals surface area contributed by atoms with Crippen molar-refractivity contribution in [3.63, 3.8) is 0 Å². The third kappa shape index (κ3) is 4.30. The Kier molecular flexibility index (Phi) is 5.75. The van der Waals surface area contributed by atoms with Crippen LogP contribution in [-0.2, 0) is 16.0 Å². The average molecular weight is 420 g/mol. The van der Waals surface area contributed by atoms with Crippen LogP contribution in [0.2, 0.25) is 0 Å². The van der Waals surface area contributed by atoms with Crippen LogP contribution in [0.4, 0.5) is 0 Å². The lowest BCUT2D eigenvalue weighted by atomic mass is 10.00. The lowest BCUT2D eigenvalue weighted by Gasteiger charge is -2.25. The molecule has 1 atom stereocenters. The molecular weight excluding hydrogens is 398 g/mol. The van der Waals surface area contributed by atoms with Gasteiger partial charge < -0.3 is 24.0 Å². The fourth-order valence-electron chi connectivity index (χ4n) is 4.01. The van der Waals surface area contributed by atoms with Crippen molar-refractivity contribution in [3.05, 3.63) is 75.6 Å². The van der Waals surface area contributed by atoms with E-state index >= 15 is 0 Å². The van der Waals surface area contributed by atoms with E-state index in [-0.39, 0.29) is 6.61 Å². The lowest BCUT2D eigenvalue weighted by Crippen LogP contribution is -2.48. The largest absolute Gasteiger partial charge is 0.548 e. The zero-order valence-electron chi connectivity index (χ0n) is 17.1. The molecule has 7 heteroatoms. The molecule has 31 heavy (non-hydrogen) atoms. The van der Waals surface area contributed by atoms with Gasteiger partial charge in [0.1, 0.15) is 11.3 Å². The molecule has 0 bridgehead atoms. The minimum Gasteiger partial charge on any atom is -0.548 e. The van der Waals surface area contributed by atoms with E-state index in [9.17, 15) is 19.5 Å². The number of ether oxygens (including phenoxy) is 1. The maximum absolute atomic E-state index is 12.6. The summed E-state index contributed by atoms with van der Waals surface area (Å²) in [5.74, 6) is -1.30. The number of hydrogen-bond acceptors (Lipinski definition) is 6. The minimum atomic E-state index is -1.25. The van der Waals surface area contributed by atoms with Gasteiger partial charge in [-0.1, -0.05) is 30.3 Å². The number of likely N-dealkylation sites (tertiary alicyclic amines) is 1. The number of carbonyl (C=O) groups is 2. The molecule has 1 aromatic heterocycles. The number of nitrogens with zero attached hydrogens (tertiary/aromatic N) is 1. The van der Waals surface area contributed by atoms with E-state index < -0.39 is 23.5 Å². The van der Waals surface area contributed by atoms with Gasteiger partial charge in [-0.05, 0) is 43.0 Å². The molecule has 7 nitrogen and oxygen atoms in total. The van der Waals surface area contributed by atoms with Gasteiger partial charge in [0.25, 0.3) is 5.91 Å². The van der Waals surface area contributed by atoms with Crippen molar-refractivity contribution in [3.8, 4) is 5.75 Å². The number of aryl methyl sites for hydroxylation is 1. The number of benzene rings is 2. The highest BCUT2D eigenvalue weighted by atomic mass is 16.5. The van der Waals surface area contributed by atoms with E-state index in [1.165, 1.54) is 4.90 Å². The molecule has 0 radical (unpaired) electrons. The van der Waals surface area contributed by atoms with E-state index in [0.29, 0.717) is 42.7 Å². The summed E-state index contributed by atoms with van der Waals surface area (Å²) in [5.41, 5.74) is 2.43. The average Bonchev–Trinajstić information content (AvgIpc) is 3.26. The highest BCUT2D eigenvalue weighted by Gasteiger charge is 2.29. The summed E-state index contributed by atoms with van der Waals surface area (Å²) in [6.45, 7) is 1.95. The first kappa shape index (κ1) is 20.7. The Hall–Kier alpha value is -3.61. The molecule has 1 fully saturated rings. The monoisotopic (exact) mass is 420 g/mol. The lowest BCUT2D eigenvalue weighted by molar-refractivity contribution is -0.310. The zero-order valence-corrected chi connectivity index (χ0v) is 17.1. The number of carbonyl (C=O) groups excluding carboxylic acids is 2. The maximum atomic E-state index is 12.6. The van der Waals surface area contributed by atoms with E-state index in [2.05, 4.69) is 0 Å². The van der Waals surface area contributed by atoms with Crippen LogP contribution < -0.4 is 15.5 Å². The third-order valence-corrected chi connectivity index (χ3v) is 5.69. The van der Waals surface area contributed by atoms with Gasteiger partial charge in [-0.25, -0.2) is 4.79 Å². The highest BCUT2D eigenvalue weighted by molar-refractivity contribution is 5.85. The van der Waals surface area contributed by atoms with Crippen molar-refractivity contribution < 1.29 is 23.8 Å². The van der Waals surface area contributed by atoms with Gasteiger partial charge in [-0.2, -0.15) is 0 Å². The number of rotatable bonds is 6. The summed E-state index contributed by atoms with van der Waals surface area (Å²) in [4.78, 5) is 37.4. The molecule has 1 aliphatic rings. The van der Waals surface area contributed by atoms with Crippen LogP contribution in [0.1, 0.15) is 29.5 Å². The van der Waals surface area contributed by atoms with Gasteiger partial charge in [0.2, 0.25) is 0 Å². The molecule has 2 aromatic carbocycles. The number of hydrogen-bond donors (Lipinski definition) is 0. The molecule has 0 spiro atoms. The third-order valence-electron chi connectivity index (χ3n) is 5.69. The van der Waals surface area contributed by atoms with Crippen LogP contribution in [0.5, 0.6) is 5.75 Å². The van der Waals surface area contributed by atoms with Crippen molar-refractivity contribution in [2.45, 2.75) is 32.2 Å². The van der Waals surface area contributed by atoms with E-state index in [4.69, 9.17) is 9.15 Å². The Morgan fingerprint density at radius 1 is 1.19 bits per heavy atom. The first-order chi connectivity index (χ1) is 14.9. The summed E-state index contributed by atoms with van der Waals surface area (Å²) < 4.78 is 11.1. The molecule has 2 heterocycles. The fourth-order valence-corrected chi connectivity index (χ4v) is 4.01. The van der Waals surface area contributed by atoms with E-state index in [1.807, 2.05) is 37.3 Å². The second kappa shape index (κ2) is 8.63. The highest BCUT2D eigenvalue weighted by Crippen LogP contribution is 2.25. The van der Waals surface area contributed by atoms with E-state index in [1.54, 1.807) is 18.2 Å². The van der Waals surface area contributed by atoms with Crippen LogP contribution in [0.3, 0.4) is 0 Å². The number of carboxylic acid groups (broad SMARTS) is 1. The Bertz CT molecular complexity index is 1180. The van der Waals surface area contributed by atoms with Crippen molar-refractivity contribution in [2.24, 2.45) is 0 Å². The summed E-state index contributed by atoms with van der Waals surface area (Å²) in [5, 5.41) is 11.9. The van der Waals surface area contributed by atoms with Crippen molar-refractivity contribution in [1.29, 1.82) is 0 Å². The fraction of sp³-hybridized carbons (Fsp3) is 0.292. The zero-order chi connectivity index (χ0) is 22.0. The van der Waals surface area contributed by atoms with Crippen LogP contribution in [0, 0.1) is 6.92 Å². The maximum Gasteiger partial charge on any atom is 0.340 e. The first-order valence-electron chi connectivity index (χ1n) is 10.2. The van der Waals surface area contributed by atoms with Crippen molar-refractivity contribution >= 4 is 22.8 Å². The molecular formula is C24H22NO6-. The minimum absolute atomic E-state index is 0.301. The van der Waals surface area contributed by atoms with E-state index in [0.717, 1.165) is 16.5 Å². The first-order valence-corrected chi connectivity index (χ1v) is 10.2. The molecule has 0 aliphatic carbocycles. The van der Waals surface area contributed by atoms with Crippen LogP contribution in [0.25, 0.3) is 11.0 Å². The molecule has 0 N–H and O–H groups in total. The normalized spacial score (nSPS) is 15.9. The molecule has 1 saturated heterocycles. The van der Waals surface area contributed by atoms with Crippen molar-refractivity contribution in [1.82, 2.24) is 4.90 Å². The summed E-state index contributed by atoms with van der Waals surface area (Å²) in [6.07, 6.45) is 1.49. The Morgan fingerprint density at radius 2 is 1.97 bits per heavy atom. The smallest absolute Gasteiger partial charge is 0.340 e. The Labute approximate surface area is 178 Å². The molecule has 3 aromatic rings. The Morgan fingerprint density at radius 3 is 2.71 bits per heavy atom. The number of carboxylic acids is 1. The molecule has 0 unspecified atom stereocenters. The van der Waals surface area contributed by atoms with Crippen LogP contribution >= 0.6 is 0 Å². The Balaban J connectivity index is 1.52. The standard InChI is InChI=1S/C24H23NO6/c1-15-18-10-9-17(30-14-22(26)25-11-5-8-20(25)23(27)28)13-21(18)31-24(29)19(15)12-16-6-3-2-4-7-16/h2-4,6-7,9-10,13,20H,5,8,11-12,14H2,1H3,(H,27,28)/p-1/t20-/m0/s1. The van der Waals surface area contributed by atoms with Gasteiger partial charge in [-0.3, -0.25) is 4.79 Å². The summed E-state index contributed by atoms with van der Waals surface area (Å²) in [6, 6.07) is 13.9. The van der Waals surface area contributed by atoms with Gasteiger partial charge >= 0.3 is 5.63 Å². The van der Waals surface area contributed by atoms with Gasteiger partial charge in [-0.15, -0.1) is 0 Å².